The Kier molecular flexibility index (Phi) is 8.66. The molecule has 0 saturated carbocycles. The molecule has 1 aromatic carbocycles. The zero-order valence-electron chi connectivity index (χ0n) is 16.2. The fourth-order valence-corrected chi connectivity index (χ4v) is 3.18. The molecule has 3 rings (SSSR count). The van der Waals surface area contributed by atoms with Gasteiger partial charge in [-0.3, -0.25) is 0 Å². The van der Waals surface area contributed by atoms with Crippen LogP contribution in [0.25, 0.3) is 0 Å². The minimum absolute atomic E-state index is 0. The van der Waals surface area contributed by atoms with Crippen molar-refractivity contribution < 1.29 is 19.3 Å². The van der Waals surface area contributed by atoms with Crippen LogP contribution in [-0.2, 0) is 12.8 Å². The van der Waals surface area contributed by atoms with Crippen molar-refractivity contribution in [1.82, 2.24) is 9.97 Å². The van der Waals surface area contributed by atoms with E-state index in [4.69, 9.17) is 19.9 Å². The lowest BCUT2D eigenvalue weighted by molar-refractivity contribution is 0.174. The second kappa shape index (κ2) is 11.0. The minimum atomic E-state index is 0. The Bertz CT molecular complexity index is 760. The highest BCUT2D eigenvalue weighted by Gasteiger charge is 2.15. The van der Waals surface area contributed by atoms with Crippen LogP contribution in [0.5, 0.6) is 17.2 Å². The number of benzene rings is 1. The van der Waals surface area contributed by atoms with Crippen LogP contribution >= 0.6 is 13.5 Å². The number of hydrogen-bond donors (Lipinski definition) is 2. The molecule has 1 atom stereocenters. The lowest BCUT2D eigenvalue weighted by Gasteiger charge is -2.16. The summed E-state index contributed by atoms with van der Waals surface area (Å²) < 4.78 is 16.6. The van der Waals surface area contributed by atoms with Gasteiger partial charge in [0.2, 0.25) is 12.7 Å². The van der Waals surface area contributed by atoms with Crippen molar-refractivity contribution in [2.24, 2.45) is 5.92 Å². The molecule has 0 amide bonds. The zero-order chi connectivity index (χ0) is 19.1. The average molecular weight is 408 g/mol. The molecule has 1 aromatic heterocycles. The molecule has 0 aliphatic carbocycles. The second-order valence-electron chi connectivity index (χ2n) is 6.72. The van der Waals surface area contributed by atoms with Gasteiger partial charge in [0.1, 0.15) is 0 Å². The van der Waals surface area contributed by atoms with Gasteiger partial charge in [-0.2, -0.15) is 13.5 Å². The van der Waals surface area contributed by atoms with E-state index in [1.807, 2.05) is 18.2 Å². The van der Waals surface area contributed by atoms with Gasteiger partial charge in [0.25, 0.3) is 0 Å². The molecule has 28 heavy (non-hydrogen) atoms. The van der Waals surface area contributed by atoms with Crippen molar-refractivity contribution in [2.75, 3.05) is 25.7 Å². The van der Waals surface area contributed by atoms with Gasteiger partial charge in [-0.1, -0.05) is 19.4 Å². The number of aryl methyl sites for hydroxylation is 1. The molecule has 0 bridgehead atoms. The summed E-state index contributed by atoms with van der Waals surface area (Å²) in [7, 11) is 0. The molecule has 0 fully saturated rings. The number of aliphatic hydroxyl groups excluding tert-OH is 1. The zero-order valence-corrected chi connectivity index (χ0v) is 17.2. The summed E-state index contributed by atoms with van der Waals surface area (Å²) in [5.74, 6) is 2.62. The first-order valence-electron chi connectivity index (χ1n) is 9.43. The molecule has 2 aromatic rings. The molecule has 7 nitrogen and oxygen atoms in total. The quantitative estimate of drug-likeness (QED) is 0.584. The third kappa shape index (κ3) is 5.90. The van der Waals surface area contributed by atoms with Crippen LogP contribution in [0, 0.1) is 5.92 Å². The van der Waals surface area contributed by atoms with E-state index in [0.717, 1.165) is 42.9 Å². The number of nitrogen functional groups attached to an aromatic ring is 1. The predicted molar refractivity (Wildman–Crippen MR) is 112 cm³/mol. The number of rotatable bonds is 10. The van der Waals surface area contributed by atoms with Gasteiger partial charge in [-0.05, 0) is 49.3 Å². The number of aromatic nitrogens is 2. The Morgan fingerprint density at radius 2 is 2.11 bits per heavy atom. The van der Waals surface area contributed by atoms with E-state index < -0.39 is 0 Å². The lowest BCUT2D eigenvalue weighted by atomic mass is 9.98. The molecule has 2 heterocycles. The molecular weight excluding hydrogens is 378 g/mol. The maximum absolute atomic E-state index is 9.55. The highest BCUT2D eigenvalue weighted by molar-refractivity contribution is 7.59. The minimum Gasteiger partial charge on any atom is -0.490 e. The number of fused-ring (bicyclic) bond motifs is 1. The van der Waals surface area contributed by atoms with Crippen LogP contribution in [0.1, 0.15) is 37.4 Å². The molecule has 1 aliphatic heterocycles. The van der Waals surface area contributed by atoms with E-state index in [2.05, 4.69) is 16.9 Å². The molecule has 3 N–H and O–H groups in total. The second-order valence-corrected chi connectivity index (χ2v) is 6.72. The SMILES string of the molecule is CCC[C@@H](CO)Cc1nc(N)ncc1OCCCc1ccc2c(c1)OCO2.S. The number of nitrogens with two attached hydrogens (primary N) is 1. The molecule has 0 radical (unpaired) electrons. The van der Waals surface area contributed by atoms with E-state index in [1.165, 1.54) is 5.56 Å². The highest BCUT2D eigenvalue weighted by Crippen LogP contribution is 2.32. The number of ether oxygens (including phenoxy) is 3. The van der Waals surface area contributed by atoms with Crippen molar-refractivity contribution in [2.45, 2.75) is 39.0 Å². The largest absolute Gasteiger partial charge is 0.490 e. The van der Waals surface area contributed by atoms with E-state index >= 15 is 0 Å². The summed E-state index contributed by atoms with van der Waals surface area (Å²) in [6.45, 7) is 3.06. The van der Waals surface area contributed by atoms with Gasteiger partial charge < -0.3 is 25.1 Å². The van der Waals surface area contributed by atoms with Gasteiger partial charge in [-0.25, -0.2) is 9.97 Å². The third-order valence-electron chi connectivity index (χ3n) is 4.59. The number of nitrogens with zero attached hydrogens (tertiary/aromatic N) is 2. The molecule has 0 unspecified atom stereocenters. The van der Waals surface area contributed by atoms with Gasteiger partial charge in [0, 0.05) is 6.61 Å². The lowest BCUT2D eigenvalue weighted by Crippen LogP contribution is -2.13. The Morgan fingerprint density at radius 1 is 1.29 bits per heavy atom. The fraction of sp³-hybridized carbons (Fsp3) is 0.500. The Hall–Kier alpha value is -2.19. The van der Waals surface area contributed by atoms with Crippen LogP contribution in [-0.4, -0.2) is 35.1 Å². The van der Waals surface area contributed by atoms with E-state index in [9.17, 15) is 5.11 Å². The monoisotopic (exact) mass is 407 g/mol. The van der Waals surface area contributed by atoms with Crippen molar-refractivity contribution in [3.8, 4) is 17.2 Å². The van der Waals surface area contributed by atoms with Crippen LogP contribution in [0.4, 0.5) is 5.95 Å². The van der Waals surface area contributed by atoms with Crippen LogP contribution in [0.15, 0.2) is 24.4 Å². The van der Waals surface area contributed by atoms with Crippen LogP contribution < -0.4 is 19.9 Å². The average Bonchev–Trinajstić information content (AvgIpc) is 3.14. The van der Waals surface area contributed by atoms with Gasteiger partial charge in [-0.15, -0.1) is 0 Å². The van der Waals surface area contributed by atoms with E-state index in [1.54, 1.807) is 6.20 Å². The molecule has 1 aliphatic rings. The van der Waals surface area contributed by atoms with Crippen LogP contribution in [0.3, 0.4) is 0 Å². The van der Waals surface area contributed by atoms with Crippen molar-refractivity contribution in [1.29, 1.82) is 0 Å². The summed E-state index contributed by atoms with van der Waals surface area (Å²) in [5.41, 5.74) is 7.67. The van der Waals surface area contributed by atoms with Gasteiger partial charge in [0.05, 0.1) is 18.5 Å². The molecule has 0 spiro atoms. The number of hydrogen-bond acceptors (Lipinski definition) is 7. The van der Waals surface area contributed by atoms with Gasteiger partial charge >= 0.3 is 0 Å². The van der Waals surface area contributed by atoms with Crippen molar-refractivity contribution >= 4 is 19.4 Å². The summed E-state index contributed by atoms with van der Waals surface area (Å²) in [6, 6.07) is 5.99. The Labute approximate surface area is 172 Å². The third-order valence-corrected chi connectivity index (χ3v) is 4.59. The molecular formula is C20H29N3O4S. The predicted octanol–water partition coefficient (Wildman–Crippen LogP) is 2.86. The molecule has 154 valence electrons. The smallest absolute Gasteiger partial charge is 0.231 e. The first-order valence-corrected chi connectivity index (χ1v) is 9.43. The first-order chi connectivity index (χ1) is 13.2. The number of aliphatic hydroxyl groups is 1. The normalized spacial score (nSPS) is 13.1. The van der Waals surface area contributed by atoms with Gasteiger partial charge in [0.15, 0.2) is 17.2 Å². The van der Waals surface area contributed by atoms with Crippen molar-refractivity contribution in [3.05, 3.63) is 35.7 Å². The van der Waals surface area contributed by atoms with E-state index in [-0.39, 0.29) is 38.8 Å². The Morgan fingerprint density at radius 3 is 2.89 bits per heavy atom. The Balaban J connectivity index is 0.00000280. The summed E-state index contributed by atoms with van der Waals surface area (Å²) in [6.07, 6.45) is 5.92. The fourth-order valence-electron chi connectivity index (χ4n) is 3.18. The summed E-state index contributed by atoms with van der Waals surface area (Å²) in [4.78, 5) is 8.36. The topological polar surface area (TPSA) is 99.7 Å². The highest BCUT2D eigenvalue weighted by atomic mass is 32.1. The number of anilines is 1. The van der Waals surface area contributed by atoms with E-state index in [0.29, 0.717) is 18.8 Å². The molecule has 8 heteroatoms. The maximum atomic E-state index is 9.55. The summed E-state index contributed by atoms with van der Waals surface area (Å²) >= 11 is 0. The first kappa shape index (κ1) is 22.1. The van der Waals surface area contributed by atoms with Crippen LogP contribution in [0.2, 0.25) is 0 Å². The molecule has 0 saturated heterocycles. The maximum Gasteiger partial charge on any atom is 0.231 e. The summed E-state index contributed by atoms with van der Waals surface area (Å²) in [5, 5.41) is 9.55. The van der Waals surface area contributed by atoms with Crippen molar-refractivity contribution in [3.63, 3.8) is 0 Å². The standard InChI is InChI=1S/C20H27N3O4.H2S/c1-2-4-15(12-24)9-16-19(11-22-20(21)23-16)25-8-3-5-14-6-7-17-18(10-14)27-13-26-17;/h6-7,10-11,15,24H,2-5,8-9,12-13H2,1H3,(H2,21,22,23);1H2/t15-;/m1./s1.